The van der Waals surface area contributed by atoms with Crippen LogP contribution in [0.5, 0.6) is 0 Å². The first-order valence-corrected chi connectivity index (χ1v) is 7.34. The Balaban J connectivity index is 1.75. The van der Waals surface area contributed by atoms with Gasteiger partial charge in [0.15, 0.2) is 0 Å². The molecule has 110 valence electrons. The lowest BCUT2D eigenvalue weighted by atomic mass is 9.85. The Morgan fingerprint density at radius 1 is 1.14 bits per heavy atom. The number of hydrogen-bond donors (Lipinski definition) is 2. The average molecular weight is 286 g/mol. The zero-order valence-corrected chi connectivity index (χ0v) is 11.7. The summed E-state index contributed by atoms with van der Waals surface area (Å²) in [5.41, 5.74) is 0.780. The van der Waals surface area contributed by atoms with Crippen LogP contribution in [-0.2, 0) is 14.4 Å². The Labute approximate surface area is 123 Å². The number of Topliss-reactive ketones (excluding diaryl/α,β-unsaturated/α-hetero) is 1. The van der Waals surface area contributed by atoms with Crippen molar-refractivity contribution < 1.29 is 14.4 Å². The molecule has 1 saturated carbocycles. The molecule has 5 heteroatoms. The van der Waals surface area contributed by atoms with Crippen molar-refractivity contribution in [2.24, 2.45) is 5.92 Å². The largest absolute Gasteiger partial charge is 0.355 e. The molecule has 2 N–H and O–H groups in total. The van der Waals surface area contributed by atoms with Crippen molar-refractivity contribution in [3.63, 3.8) is 0 Å². The van der Waals surface area contributed by atoms with Crippen LogP contribution >= 0.6 is 0 Å². The molecule has 1 heterocycles. The summed E-state index contributed by atoms with van der Waals surface area (Å²) in [5, 5.41) is 5.45. The van der Waals surface area contributed by atoms with E-state index in [-0.39, 0.29) is 18.5 Å². The van der Waals surface area contributed by atoms with Crippen molar-refractivity contribution in [2.45, 2.75) is 31.2 Å². The third kappa shape index (κ3) is 2.68. The van der Waals surface area contributed by atoms with Crippen molar-refractivity contribution in [1.82, 2.24) is 10.6 Å². The molecule has 1 aromatic rings. The van der Waals surface area contributed by atoms with Crippen molar-refractivity contribution in [3.8, 4) is 0 Å². The highest BCUT2D eigenvalue weighted by molar-refractivity contribution is 6.38. The maximum absolute atomic E-state index is 12.3. The smallest absolute Gasteiger partial charge is 0.287 e. The molecule has 21 heavy (non-hydrogen) atoms. The minimum absolute atomic E-state index is 0.127. The van der Waals surface area contributed by atoms with E-state index in [1.54, 1.807) is 0 Å². The third-order valence-electron chi connectivity index (χ3n) is 4.34. The molecule has 2 aliphatic rings. The monoisotopic (exact) mass is 286 g/mol. The highest BCUT2D eigenvalue weighted by atomic mass is 16.2. The van der Waals surface area contributed by atoms with Crippen molar-refractivity contribution in [2.75, 3.05) is 6.54 Å². The quantitative estimate of drug-likeness (QED) is 0.802. The zero-order chi connectivity index (χ0) is 14.8. The van der Waals surface area contributed by atoms with E-state index >= 15 is 0 Å². The molecule has 2 amide bonds. The molecule has 0 aromatic heterocycles. The Morgan fingerprint density at radius 2 is 1.86 bits per heavy atom. The summed E-state index contributed by atoms with van der Waals surface area (Å²) in [6, 6.07) is 9.28. The van der Waals surface area contributed by atoms with E-state index in [0.29, 0.717) is 0 Å². The van der Waals surface area contributed by atoms with Gasteiger partial charge >= 0.3 is 0 Å². The molecular formula is C16H18N2O3. The topological polar surface area (TPSA) is 75.3 Å². The summed E-state index contributed by atoms with van der Waals surface area (Å²) >= 11 is 0. The molecule has 1 aliphatic carbocycles. The number of carbonyl (C=O) groups is 3. The summed E-state index contributed by atoms with van der Waals surface area (Å²) in [7, 11) is 0. The second-order valence-corrected chi connectivity index (χ2v) is 5.71. The number of benzene rings is 1. The second-order valence-electron chi connectivity index (χ2n) is 5.71. The molecule has 1 unspecified atom stereocenters. The van der Waals surface area contributed by atoms with Crippen LogP contribution < -0.4 is 10.6 Å². The van der Waals surface area contributed by atoms with Crippen LogP contribution in [0.25, 0.3) is 0 Å². The van der Waals surface area contributed by atoms with E-state index in [4.69, 9.17) is 0 Å². The van der Waals surface area contributed by atoms with Gasteiger partial charge in [0.2, 0.25) is 11.7 Å². The predicted octanol–water partition coefficient (Wildman–Crippen LogP) is 0.754. The molecule has 0 spiro atoms. The molecule has 2 fully saturated rings. The SMILES string of the molecule is O=C(NC1CCC1)C(=O)C1CNC(=O)[C@@H]1c1ccccc1. The van der Waals surface area contributed by atoms with Gasteiger partial charge in [0.25, 0.3) is 5.91 Å². The minimum Gasteiger partial charge on any atom is -0.355 e. The molecule has 1 aliphatic heterocycles. The van der Waals surface area contributed by atoms with Gasteiger partial charge in [0, 0.05) is 12.6 Å². The molecule has 0 bridgehead atoms. The van der Waals surface area contributed by atoms with Gasteiger partial charge in [-0.2, -0.15) is 0 Å². The van der Waals surface area contributed by atoms with Gasteiger partial charge in [-0.25, -0.2) is 0 Å². The number of carbonyl (C=O) groups excluding carboxylic acids is 3. The van der Waals surface area contributed by atoms with Crippen LogP contribution in [0.15, 0.2) is 30.3 Å². The van der Waals surface area contributed by atoms with Gasteiger partial charge in [-0.15, -0.1) is 0 Å². The van der Waals surface area contributed by atoms with Crippen molar-refractivity contribution >= 4 is 17.6 Å². The second kappa shape index (κ2) is 5.68. The molecule has 1 saturated heterocycles. The van der Waals surface area contributed by atoms with Gasteiger partial charge in [-0.1, -0.05) is 30.3 Å². The Morgan fingerprint density at radius 3 is 2.48 bits per heavy atom. The van der Waals surface area contributed by atoms with Crippen molar-refractivity contribution in [3.05, 3.63) is 35.9 Å². The average Bonchev–Trinajstić information content (AvgIpc) is 2.84. The Kier molecular flexibility index (Phi) is 3.73. The van der Waals surface area contributed by atoms with E-state index in [2.05, 4.69) is 10.6 Å². The maximum atomic E-state index is 12.3. The van der Waals surface area contributed by atoms with Gasteiger partial charge in [0.05, 0.1) is 11.8 Å². The summed E-state index contributed by atoms with van der Waals surface area (Å²) in [4.78, 5) is 36.4. The zero-order valence-electron chi connectivity index (χ0n) is 11.7. The van der Waals surface area contributed by atoms with Crippen LogP contribution in [0.4, 0.5) is 0 Å². The standard InChI is InChI=1S/C16H18N2O3/c19-14(16(21)18-11-7-4-8-11)12-9-17-15(20)13(12)10-5-2-1-3-6-10/h1-3,5-6,11-13H,4,7-9H2,(H,17,20)(H,18,21)/t12?,13-/m1/s1. The minimum atomic E-state index is -0.611. The third-order valence-corrected chi connectivity index (χ3v) is 4.34. The normalized spacial score (nSPS) is 25.0. The van der Waals surface area contributed by atoms with Gasteiger partial charge in [-0.05, 0) is 24.8 Å². The summed E-state index contributed by atoms with van der Waals surface area (Å²) in [5.74, 6) is -2.40. The molecule has 0 radical (unpaired) electrons. The van der Waals surface area contributed by atoms with E-state index in [0.717, 1.165) is 24.8 Å². The summed E-state index contributed by atoms with van der Waals surface area (Å²) < 4.78 is 0. The fourth-order valence-corrected chi connectivity index (χ4v) is 2.89. The van der Waals surface area contributed by atoms with E-state index < -0.39 is 23.5 Å². The van der Waals surface area contributed by atoms with E-state index in [9.17, 15) is 14.4 Å². The Bertz CT molecular complexity index is 566. The first-order chi connectivity index (χ1) is 10.2. The van der Waals surface area contributed by atoms with Crippen LogP contribution in [-0.4, -0.2) is 30.2 Å². The highest BCUT2D eigenvalue weighted by Crippen LogP contribution is 2.30. The molecule has 5 nitrogen and oxygen atoms in total. The number of ketones is 1. The summed E-state index contributed by atoms with van der Waals surface area (Å²) in [6.45, 7) is 0.231. The van der Waals surface area contributed by atoms with Gasteiger partial charge in [0.1, 0.15) is 0 Å². The fourth-order valence-electron chi connectivity index (χ4n) is 2.89. The van der Waals surface area contributed by atoms with Crippen molar-refractivity contribution in [1.29, 1.82) is 0 Å². The lowest BCUT2D eigenvalue weighted by molar-refractivity contribution is -0.141. The summed E-state index contributed by atoms with van der Waals surface area (Å²) in [6.07, 6.45) is 2.96. The van der Waals surface area contributed by atoms with Crippen LogP contribution in [0, 0.1) is 5.92 Å². The molecule has 1 aromatic carbocycles. The van der Waals surface area contributed by atoms with E-state index in [1.165, 1.54) is 0 Å². The lowest BCUT2D eigenvalue weighted by Crippen LogP contribution is -2.45. The van der Waals surface area contributed by atoms with Crippen LogP contribution in [0.3, 0.4) is 0 Å². The fraction of sp³-hybridized carbons (Fsp3) is 0.438. The maximum Gasteiger partial charge on any atom is 0.287 e. The Hall–Kier alpha value is -2.17. The molecule has 2 atom stereocenters. The van der Waals surface area contributed by atoms with Crippen LogP contribution in [0.1, 0.15) is 30.7 Å². The lowest BCUT2D eigenvalue weighted by Gasteiger charge is -2.26. The predicted molar refractivity (Wildman–Crippen MR) is 76.5 cm³/mol. The number of rotatable bonds is 4. The number of hydrogen-bond acceptors (Lipinski definition) is 3. The first kappa shape index (κ1) is 13.8. The highest BCUT2D eigenvalue weighted by Gasteiger charge is 2.42. The number of nitrogens with one attached hydrogen (secondary N) is 2. The van der Waals surface area contributed by atoms with Crippen LogP contribution in [0.2, 0.25) is 0 Å². The molecule has 3 rings (SSSR count). The number of amides is 2. The van der Waals surface area contributed by atoms with E-state index in [1.807, 2.05) is 30.3 Å². The van der Waals surface area contributed by atoms with Gasteiger partial charge in [-0.3, -0.25) is 14.4 Å². The van der Waals surface area contributed by atoms with Gasteiger partial charge < -0.3 is 10.6 Å². The first-order valence-electron chi connectivity index (χ1n) is 7.34. The molecular weight excluding hydrogens is 268 g/mol.